The summed E-state index contributed by atoms with van der Waals surface area (Å²) < 4.78 is 0. The molecule has 0 unspecified atom stereocenters. The molecule has 0 aromatic heterocycles. The van der Waals surface area contributed by atoms with Gasteiger partial charge in [-0.05, 0) is 25.3 Å². The number of nitrogens with zero attached hydrogens (tertiary/aromatic N) is 2. The number of ketones is 1. The standard InChI is InChI=1S/C15H14N2O/c1-11(8-14(9-16)10-17)7-13-3-5-15(6-4-13)12(2)18/h3-6,14H,1,7-8H2,2H3. The Hall–Kier alpha value is -2.39. The molecular formula is C15H14N2O. The first kappa shape index (κ1) is 13.7. The molecule has 1 rings (SSSR count). The third-order valence-electron chi connectivity index (χ3n) is 2.62. The van der Waals surface area contributed by atoms with Gasteiger partial charge in [0, 0.05) is 5.56 Å². The Morgan fingerprint density at radius 3 is 2.28 bits per heavy atom. The molecule has 0 fully saturated rings. The average Bonchev–Trinajstić information content (AvgIpc) is 2.36. The molecule has 0 saturated carbocycles. The zero-order valence-corrected chi connectivity index (χ0v) is 10.3. The van der Waals surface area contributed by atoms with Gasteiger partial charge in [0.05, 0.1) is 12.1 Å². The largest absolute Gasteiger partial charge is 0.295 e. The number of Topliss-reactive ketones (excluding diaryl/α,β-unsaturated/α-hetero) is 1. The average molecular weight is 238 g/mol. The van der Waals surface area contributed by atoms with Crippen molar-refractivity contribution in [1.82, 2.24) is 0 Å². The minimum atomic E-state index is -0.631. The highest BCUT2D eigenvalue weighted by atomic mass is 16.1. The maximum Gasteiger partial charge on any atom is 0.159 e. The summed E-state index contributed by atoms with van der Waals surface area (Å²) in [5.74, 6) is -0.594. The number of rotatable bonds is 5. The molecule has 90 valence electrons. The van der Waals surface area contributed by atoms with Crippen LogP contribution in [0.15, 0.2) is 36.4 Å². The Morgan fingerprint density at radius 1 is 1.28 bits per heavy atom. The van der Waals surface area contributed by atoms with Gasteiger partial charge in [0.2, 0.25) is 0 Å². The van der Waals surface area contributed by atoms with Crippen LogP contribution in [0.25, 0.3) is 0 Å². The SMILES string of the molecule is C=C(Cc1ccc(C(C)=O)cc1)CC(C#N)C#N. The Labute approximate surface area is 107 Å². The molecule has 0 radical (unpaired) electrons. The van der Waals surface area contributed by atoms with Crippen molar-refractivity contribution < 1.29 is 4.79 Å². The zero-order valence-electron chi connectivity index (χ0n) is 10.3. The molecular weight excluding hydrogens is 224 g/mol. The highest BCUT2D eigenvalue weighted by Gasteiger charge is 2.08. The van der Waals surface area contributed by atoms with Crippen molar-refractivity contribution in [2.45, 2.75) is 19.8 Å². The second-order valence-corrected chi connectivity index (χ2v) is 4.19. The van der Waals surface area contributed by atoms with Crippen LogP contribution in [0.5, 0.6) is 0 Å². The molecule has 0 amide bonds. The van der Waals surface area contributed by atoms with Gasteiger partial charge in [-0.1, -0.05) is 36.4 Å². The van der Waals surface area contributed by atoms with Crippen molar-refractivity contribution in [3.05, 3.63) is 47.5 Å². The summed E-state index contributed by atoms with van der Waals surface area (Å²) in [6.45, 7) is 5.40. The minimum Gasteiger partial charge on any atom is -0.295 e. The normalized spacial score (nSPS) is 9.56. The summed E-state index contributed by atoms with van der Waals surface area (Å²) in [5, 5.41) is 17.4. The van der Waals surface area contributed by atoms with Gasteiger partial charge in [0.25, 0.3) is 0 Å². The van der Waals surface area contributed by atoms with Gasteiger partial charge >= 0.3 is 0 Å². The lowest BCUT2D eigenvalue weighted by Gasteiger charge is -2.06. The first-order valence-corrected chi connectivity index (χ1v) is 5.62. The predicted molar refractivity (Wildman–Crippen MR) is 68.6 cm³/mol. The molecule has 0 aliphatic carbocycles. The van der Waals surface area contributed by atoms with E-state index in [1.54, 1.807) is 12.1 Å². The number of carbonyl (C=O) groups is 1. The molecule has 3 nitrogen and oxygen atoms in total. The molecule has 0 N–H and O–H groups in total. The van der Waals surface area contributed by atoms with E-state index in [0.717, 1.165) is 11.1 Å². The zero-order chi connectivity index (χ0) is 13.5. The number of carbonyl (C=O) groups excluding carboxylic acids is 1. The summed E-state index contributed by atoms with van der Waals surface area (Å²) in [7, 11) is 0. The smallest absolute Gasteiger partial charge is 0.159 e. The van der Waals surface area contributed by atoms with Crippen LogP contribution in [0, 0.1) is 28.6 Å². The van der Waals surface area contributed by atoms with Crippen LogP contribution in [0.2, 0.25) is 0 Å². The van der Waals surface area contributed by atoms with Gasteiger partial charge < -0.3 is 0 Å². The number of benzene rings is 1. The van der Waals surface area contributed by atoms with E-state index >= 15 is 0 Å². The summed E-state index contributed by atoms with van der Waals surface area (Å²) in [6, 6.07) is 11.1. The van der Waals surface area contributed by atoms with Crippen molar-refractivity contribution in [1.29, 1.82) is 10.5 Å². The summed E-state index contributed by atoms with van der Waals surface area (Å²) in [5.41, 5.74) is 2.55. The monoisotopic (exact) mass is 238 g/mol. The van der Waals surface area contributed by atoms with E-state index in [1.165, 1.54) is 6.92 Å². The van der Waals surface area contributed by atoms with Crippen LogP contribution < -0.4 is 0 Å². The van der Waals surface area contributed by atoms with Crippen LogP contribution in [-0.2, 0) is 6.42 Å². The molecule has 18 heavy (non-hydrogen) atoms. The van der Waals surface area contributed by atoms with Gasteiger partial charge in [0.1, 0.15) is 5.92 Å². The second kappa shape index (κ2) is 6.37. The van der Waals surface area contributed by atoms with Crippen LogP contribution >= 0.6 is 0 Å². The lowest BCUT2D eigenvalue weighted by Crippen LogP contribution is -1.98. The summed E-state index contributed by atoms with van der Waals surface area (Å²) >= 11 is 0. The fourth-order valence-electron chi connectivity index (χ4n) is 1.63. The van der Waals surface area contributed by atoms with Crippen molar-refractivity contribution in [3.8, 4) is 12.1 Å². The molecule has 0 aliphatic heterocycles. The Kier molecular flexibility index (Phi) is 4.84. The maximum atomic E-state index is 11.1. The highest BCUT2D eigenvalue weighted by molar-refractivity contribution is 5.94. The first-order valence-electron chi connectivity index (χ1n) is 5.62. The van der Waals surface area contributed by atoms with Crippen LogP contribution in [0.3, 0.4) is 0 Å². The molecule has 0 aliphatic rings. The topological polar surface area (TPSA) is 64.7 Å². The van der Waals surface area contributed by atoms with Gasteiger partial charge in [-0.15, -0.1) is 0 Å². The molecule has 3 heteroatoms. The van der Waals surface area contributed by atoms with E-state index in [4.69, 9.17) is 10.5 Å². The van der Waals surface area contributed by atoms with Gasteiger partial charge in [-0.2, -0.15) is 10.5 Å². The molecule has 0 spiro atoms. The molecule has 0 heterocycles. The van der Waals surface area contributed by atoms with E-state index in [1.807, 2.05) is 24.3 Å². The lowest BCUT2D eigenvalue weighted by molar-refractivity contribution is 0.101. The van der Waals surface area contributed by atoms with E-state index < -0.39 is 5.92 Å². The molecule has 1 aromatic carbocycles. The predicted octanol–water partition coefficient (Wildman–Crippen LogP) is 3.04. The van der Waals surface area contributed by atoms with E-state index in [0.29, 0.717) is 18.4 Å². The fraction of sp³-hybridized carbons (Fsp3) is 0.267. The summed E-state index contributed by atoms with van der Waals surface area (Å²) in [6.07, 6.45) is 1.01. The lowest BCUT2D eigenvalue weighted by atomic mass is 9.97. The molecule has 0 saturated heterocycles. The van der Waals surface area contributed by atoms with Gasteiger partial charge in [-0.25, -0.2) is 0 Å². The van der Waals surface area contributed by atoms with Crippen molar-refractivity contribution in [2.75, 3.05) is 0 Å². The number of hydrogen-bond donors (Lipinski definition) is 0. The third-order valence-corrected chi connectivity index (χ3v) is 2.62. The van der Waals surface area contributed by atoms with E-state index in [9.17, 15) is 4.79 Å². The Balaban J connectivity index is 2.63. The van der Waals surface area contributed by atoms with Crippen LogP contribution in [0.1, 0.15) is 29.3 Å². The Bertz CT molecular complexity index is 515. The third kappa shape index (κ3) is 3.88. The molecule has 0 atom stereocenters. The number of allylic oxidation sites excluding steroid dienone is 1. The maximum absolute atomic E-state index is 11.1. The number of nitriles is 2. The fourth-order valence-corrected chi connectivity index (χ4v) is 1.63. The van der Waals surface area contributed by atoms with Gasteiger partial charge in [0.15, 0.2) is 5.78 Å². The molecule has 0 bridgehead atoms. The van der Waals surface area contributed by atoms with Crippen LogP contribution in [-0.4, -0.2) is 5.78 Å². The molecule has 1 aromatic rings. The highest BCUT2D eigenvalue weighted by Crippen LogP contribution is 2.15. The van der Waals surface area contributed by atoms with E-state index in [2.05, 4.69) is 6.58 Å². The van der Waals surface area contributed by atoms with Gasteiger partial charge in [-0.3, -0.25) is 4.79 Å². The first-order chi connectivity index (χ1) is 8.56. The van der Waals surface area contributed by atoms with Crippen molar-refractivity contribution >= 4 is 5.78 Å². The Morgan fingerprint density at radius 2 is 1.83 bits per heavy atom. The second-order valence-electron chi connectivity index (χ2n) is 4.19. The number of hydrogen-bond acceptors (Lipinski definition) is 3. The quantitative estimate of drug-likeness (QED) is 0.585. The van der Waals surface area contributed by atoms with E-state index in [-0.39, 0.29) is 5.78 Å². The van der Waals surface area contributed by atoms with Crippen LogP contribution in [0.4, 0.5) is 0 Å². The summed E-state index contributed by atoms with van der Waals surface area (Å²) in [4.78, 5) is 11.1. The minimum absolute atomic E-state index is 0.0365. The van der Waals surface area contributed by atoms with Crippen molar-refractivity contribution in [3.63, 3.8) is 0 Å². The van der Waals surface area contributed by atoms with Crippen molar-refractivity contribution in [2.24, 2.45) is 5.92 Å².